The van der Waals surface area contributed by atoms with Crippen molar-refractivity contribution in [3.05, 3.63) is 46.2 Å². The van der Waals surface area contributed by atoms with Gasteiger partial charge in [0, 0.05) is 30.7 Å². The van der Waals surface area contributed by atoms with Gasteiger partial charge in [-0.05, 0) is 30.9 Å². The van der Waals surface area contributed by atoms with Crippen molar-refractivity contribution < 1.29 is 4.79 Å². The first-order valence-corrected chi connectivity index (χ1v) is 8.19. The van der Waals surface area contributed by atoms with E-state index in [1.807, 2.05) is 37.3 Å². The van der Waals surface area contributed by atoms with E-state index < -0.39 is 5.54 Å². The highest BCUT2D eigenvalue weighted by Gasteiger charge is 2.41. The molecule has 1 atom stereocenters. The number of carbonyl (C=O) groups excluding carboxylic acids is 1. The monoisotopic (exact) mass is 313 g/mol. The van der Waals surface area contributed by atoms with E-state index >= 15 is 0 Å². The molecule has 0 aliphatic carbocycles. The van der Waals surface area contributed by atoms with Crippen molar-refractivity contribution in [2.45, 2.75) is 38.8 Å². The number of rotatable bonds is 4. The number of para-hydroxylation sites is 1. The third-order valence-corrected chi connectivity index (χ3v) is 4.78. The number of H-pyrrole nitrogens is 1. The largest absolute Gasteiger partial charge is 0.353 e. The van der Waals surface area contributed by atoms with Crippen molar-refractivity contribution in [3.8, 4) is 0 Å². The van der Waals surface area contributed by atoms with Gasteiger partial charge in [-0.1, -0.05) is 31.5 Å². The Morgan fingerprint density at radius 1 is 1.26 bits per heavy atom. The normalized spacial score (nSPS) is 22.3. The number of carbonyl (C=O) groups is 1. The van der Waals surface area contributed by atoms with Gasteiger partial charge in [0.2, 0.25) is 5.91 Å². The number of amides is 1. The van der Waals surface area contributed by atoms with E-state index in [0.717, 1.165) is 30.3 Å². The van der Waals surface area contributed by atoms with Gasteiger partial charge in [-0.2, -0.15) is 0 Å². The lowest BCUT2D eigenvalue weighted by atomic mass is 9.90. The average Bonchev–Trinajstić information content (AvgIpc) is 2.53. The van der Waals surface area contributed by atoms with Crippen LogP contribution in [0.4, 0.5) is 0 Å². The molecule has 1 fully saturated rings. The van der Waals surface area contributed by atoms with E-state index in [4.69, 9.17) is 0 Å². The third-order valence-electron chi connectivity index (χ3n) is 4.78. The van der Waals surface area contributed by atoms with E-state index in [2.05, 4.69) is 22.1 Å². The highest BCUT2D eigenvalue weighted by Crippen LogP contribution is 2.26. The molecule has 1 aliphatic rings. The number of aromatic amines is 1. The van der Waals surface area contributed by atoms with Crippen LogP contribution in [0.1, 0.15) is 32.3 Å². The van der Waals surface area contributed by atoms with Crippen molar-refractivity contribution in [3.63, 3.8) is 0 Å². The molecule has 122 valence electrons. The molecule has 2 heterocycles. The van der Waals surface area contributed by atoms with Crippen LogP contribution in [-0.2, 0) is 11.3 Å². The second kappa shape index (κ2) is 6.16. The van der Waals surface area contributed by atoms with Gasteiger partial charge >= 0.3 is 0 Å². The molecule has 1 saturated heterocycles. The number of aromatic nitrogens is 1. The number of nitrogens with one attached hydrogen (secondary N) is 2. The molecule has 23 heavy (non-hydrogen) atoms. The molecule has 2 N–H and O–H groups in total. The predicted molar refractivity (Wildman–Crippen MR) is 91.3 cm³/mol. The van der Waals surface area contributed by atoms with Gasteiger partial charge in [0.15, 0.2) is 0 Å². The second-order valence-electron chi connectivity index (χ2n) is 6.41. The van der Waals surface area contributed by atoms with Crippen molar-refractivity contribution in [2.24, 2.45) is 0 Å². The first-order valence-electron chi connectivity index (χ1n) is 8.19. The number of benzene rings is 1. The zero-order valence-corrected chi connectivity index (χ0v) is 13.7. The fourth-order valence-electron chi connectivity index (χ4n) is 3.41. The summed E-state index contributed by atoms with van der Waals surface area (Å²) in [6.45, 7) is 5.93. The second-order valence-corrected chi connectivity index (χ2v) is 6.41. The number of hydrogen-bond donors (Lipinski definition) is 2. The minimum atomic E-state index is -0.551. The predicted octanol–water partition coefficient (Wildman–Crippen LogP) is 2.02. The van der Waals surface area contributed by atoms with Gasteiger partial charge in [-0.25, -0.2) is 0 Å². The quantitative estimate of drug-likeness (QED) is 0.907. The summed E-state index contributed by atoms with van der Waals surface area (Å²) in [7, 11) is 0. The van der Waals surface area contributed by atoms with Gasteiger partial charge in [0.25, 0.3) is 5.56 Å². The minimum absolute atomic E-state index is 0.0582. The summed E-state index contributed by atoms with van der Waals surface area (Å²) in [5.74, 6) is 0.0582. The summed E-state index contributed by atoms with van der Waals surface area (Å²) in [6.07, 6.45) is 1.71. The molecule has 0 spiro atoms. The average molecular weight is 313 g/mol. The maximum Gasteiger partial charge on any atom is 0.252 e. The summed E-state index contributed by atoms with van der Waals surface area (Å²) in [5, 5.41) is 3.97. The Morgan fingerprint density at radius 3 is 2.83 bits per heavy atom. The number of pyridine rings is 1. The van der Waals surface area contributed by atoms with Crippen LogP contribution < -0.4 is 10.9 Å². The molecule has 5 heteroatoms. The maximum absolute atomic E-state index is 12.4. The van der Waals surface area contributed by atoms with E-state index in [0.29, 0.717) is 18.7 Å². The molecule has 1 amide bonds. The molecule has 3 rings (SSSR count). The Hall–Kier alpha value is -2.14. The first kappa shape index (κ1) is 15.7. The fraction of sp³-hybridized carbons (Fsp3) is 0.444. The van der Waals surface area contributed by atoms with E-state index in [-0.39, 0.29) is 11.5 Å². The highest BCUT2D eigenvalue weighted by molar-refractivity contribution is 5.86. The Morgan fingerprint density at radius 2 is 2.04 bits per heavy atom. The van der Waals surface area contributed by atoms with Crippen LogP contribution >= 0.6 is 0 Å². The van der Waals surface area contributed by atoms with Crippen molar-refractivity contribution in [1.29, 1.82) is 0 Å². The lowest BCUT2D eigenvalue weighted by Gasteiger charge is -2.43. The molecule has 1 aromatic heterocycles. The highest BCUT2D eigenvalue weighted by atomic mass is 16.2. The fourth-order valence-corrected chi connectivity index (χ4v) is 3.41. The molecule has 0 saturated carbocycles. The Bertz CT molecular complexity index is 783. The van der Waals surface area contributed by atoms with Gasteiger partial charge < -0.3 is 10.3 Å². The molecule has 1 aliphatic heterocycles. The molecule has 1 unspecified atom stereocenters. The topological polar surface area (TPSA) is 65.2 Å². The molecular formula is C18H23N3O2. The third kappa shape index (κ3) is 2.88. The zero-order valence-electron chi connectivity index (χ0n) is 13.7. The lowest BCUT2D eigenvalue weighted by Crippen LogP contribution is -2.63. The molecule has 1 aromatic carbocycles. The SMILES string of the molecule is CCCC1(C)C(=O)NCCN1Cc1cc2ccccc2[nH]c1=O. The number of piperazine rings is 1. The lowest BCUT2D eigenvalue weighted by molar-refractivity contribution is -0.137. The van der Waals surface area contributed by atoms with Crippen LogP contribution in [0.2, 0.25) is 0 Å². The summed E-state index contributed by atoms with van der Waals surface area (Å²) in [6, 6.07) is 9.69. The van der Waals surface area contributed by atoms with Gasteiger partial charge in [0.05, 0.1) is 5.54 Å². The summed E-state index contributed by atoms with van der Waals surface area (Å²) < 4.78 is 0. The van der Waals surface area contributed by atoms with Crippen LogP contribution in [0.3, 0.4) is 0 Å². The van der Waals surface area contributed by atoms with E-state index in [1.165, 1.54) is 0 Å². The molecular weight excluding hydrogens is 290 g/mol. The van der Waals surface area contributed by atoms with Crippen LogP contribution in [0.5, 0.6) is 0 Å². The Labute approximate surface area is 135 Å². The van der Waals surface area contributed by atoms with Crippen LogP contribution in [0, 0.1) is 0 Å². The van der Waals surface area contributed by atoms with Gasteiger partial charge in [-0.3, -0.25) is 14.5 Å². The molecule has 5 nitrogen and oxygen atoms in total. The number of fused-ring (bicyclic) bond motifs is 1. The Kier molecular flexibility index (Phi) is 4.22. The molecule has 0 radical (unpaired) electrons. The zero-order chi connectivity index (χ0) is 16.4. The number of nitrogens with zero attached hydrogens (tertiary/aromatic N) is 1. The maximum atomic E-state index is 12.4. The standard InChI is InChI=1S/C18H23N3O2/c1-3-8-18(2)17(23)19-9-10-21(18)12-14-11-13-6-4-5-7-15(13)20-16(14)22/h4-7,11H,3,8-10,12H2,1-2H3,(H,19,23)(H,20,22). The van der Waals surface area contributed by atoms with Crippen LogP contribution in [0.25, 0.3) is 10.9 Å². The number of hydrogen-bond acceptors (Lipinski definition) is 3. The Balaban J connectivity index is 1.95. The van der Waals surface area contributed by atoms with Crippen molar-refractivity contribution in [1.82, 2.24) is 15.2 Å². The van der Waals surface area contributed by atoms with Gasteiger partial charge in [0.1, 0.15) is 0 Å². The summed E-state index contributed by atoms with van der Waals surface area (Å²) >= 11 is 0. The first-order chi connectivity index (χ1) is 11.0. The molecule has 0 bridgehead atoms. The summed E-state index contributed by atoms with van der Waals surface area (Å²) in [4.78, 5) is 29.8. The van der Waals surface area contributed by atoms with Gasteiger partial charge in [-0.15, -0.1) is 0 Å². The van der Waals surface area contributed by atoms with Crippen molar-refractivity contribution in [2.75, 3.05) is 13.1 Å². The van der Waals surface area contributed by atoms with Crippen molar-refractivity contribution >= 4 is 16.8 Å². The smallest absolute Gasteiger partial charge is 0.252 e. The van der Waals surface area contributed by atoms with Crippen LogP contribution in [-0.4, -0.2) is 34.4 Å². The van der Waals surface area contributed by atoms with E-state index in [9.17, 15) is 9.59 Å². The summed E-state index contributed by atoms with van der Waals surface area (Å²) in [5.41, 5.74) is 0.925. The van der Waals surface area contributed by atoms with Crippen LogP contribution in [0.15, 0.2) is 35.1 Å². The van der Waals surface area contributed by atoms with E-state index in [1.54, 1.807) is 0 Å². The minimum Gasteiger partial charge on any atom is -0.353 e. The molecule has 2 aromatic rings.